The average molecular weight is 453 g/mol. The lowest BCUT2D eigenvalue weighted by atomic mass is 10.1. The van der Waals surface area contributed by atoms with Gasteiger partial charge in [-0.2, -0.15) is 4.72 Å². The zero-order chi connectivity index (χ0) is 22.1. The molecular formula is C21H25ClN2O5S. The van der Waals surface area contributed by atoms with Crippen molar-refractivity contribution in [2.24, 2.45) is 0 Å². The van der Waals surface area contributed by atoms with Gasteiger partial charge in [0.05, 0.1) is 17.9 Å². The molecule has 0 radical (unpaired) electrons. The highest BCUT2D eigenvalue weighted by Gasteiger charge is 2.25. The first-order chi connectivity index (χ1) is 14.2. The maximum atomic E-state index is 12.7. The minimum Gasteiger partial charge on any atom is -0.466 e. The standard InChI is InChI=1S/C21H25ClN2O5S/c1-3-5-19(24-30(27,28)18-12-8-16(22)9-13-18)21(26)23-17-10-6-15(7-11-17)14-20(25)29-4-2/h6-13,19,24H,3-5,14H2,1-2H3,(H,23,26). The highest BCUT2D eigenvalue weighted by atomic mass is 35.5. The van der Waals surface area contributed by atoms with E-state index in [2.05, 4.69) is 10.0 Å². The molecule has 0 fully saturated rings. The molecule has 0 aliphatic heterocycles. The molecule has 1 unspecified atom stereocenters. The zero-order valence-electron chi connectivity index (χ0n) is 16.9. The Morgan fingerprint density at radius 2 is 1.67 bits per heavy atom. The third-order valence-electron chi connectivity index (χ3n) is 4.19. The predicted octanol–water partition coefficient (Wildman–Crippen LogP) is 3.53. The number of rotatable bonds is 10. The molecule has 0 aromatic heterocycles. The summed E-state index contributed by atoms with van der Waals surface area (Å²) in [6.07, 6.45) is 1.08. The van der Waals surface area contributed by atoms with Gasteiger partial charge in [-0.15, -0.1) is 0 Å². The fourth-order valence-electron chi connectivity index (χ4n) is 2.72. The molecule has 1 amide bonds. The number of carbonyl (C=O) groups is 2. The number of esters is 1. The van der Waals surface area contributed by atoms with Crippen molar-refractivity contribution in [1.29, 1.82) is 0 Å². The maximum absolute atomic E-state index is 12.7. The molecule has 162 valence electrons. The van der Waals surface area contributed by atoms with Crippen molar-refractivity contribution in [2.75, 3.05) is 11.9 Å². The van der Waals surface area contributed by atoms with Gasteiger partial charge in [0.1, 0.15) is 6.04 Å². The average Bonchev–Trinajstić information content (AvgIpc) is 2.69. The second-order valence-electron chi connectivity index (χ2n) is 6.58. The van der Waals surface area contributed by atoms with Crippen molar-refractivity contribution in [3.63, 3.8) is 0 Å². The molecule has 0 bridgehead atoms. The number of nitrogens with one attached hydrogen (secondary N) is 2. The Hall–Kier alpha value is -2.42. The topological polar surface area (TPSA) is 102 Å². The Labute approximate surface area is 181 Å². The van der Waals surface area contributed by atoms with Gasteiger partial charge in [-0.25, -0.2) is 8.42 Å². The zero-order valence-corrected chi connectivity index (χ0v) is 18.4. The van der Waals surface area contributed by atoms with Crippen LogP contribution in [0.15, 0.2) is 53.4 Å². The molecule has 30 heavy (non-hydrogen) atoms. The second-order valence-corrected chi connectivity index (χ2v) is 8.73. The Morgan fingerprint density at radius 1 is 1.03 bits per heavy atom. The van der Waals surface area contributed by atoms with Crippen LogP contribution in [0.5, 0.6) is 0 Å². The molecule has 0 aliphatic rings. The fraction of sp³-hybridized carbons (Fsp3) is 0.333. The molecule has 0 heterocycles. The number of ether oxygens (including phenoxy) is 1. The van der Waals surface area contributed by atoms with Crippen molar-refractivity contribution in [3.8, 4) is 0 Å². The van der Waals surface area contributed by atoms with Crippen molar-refractivity contribution in [3.05, 3.63) is 59.1 Å². The summed E-state index contributed by atoms with van der Waals surface area (Å²) in [4.78, 5) is 24.3. The molecule has 2 rings (SSSR count). The first kappa shape index (κ1) is 23.9. The van der Waals surface area contributed by atoms with E-state index in [9.17, 15) is 18.0 Å². The van der Waals surface area contributed by atoms with Crippen LogP contribution < -0.4 is 10.0 Å². The van der Waals surface area contributed by atoms with E-state index in [1.807, 2.05) is 6.92 Å². The van der Waals surface area contributed by atoms with Gasteiger partial charge in [-0.3, -0.25) is 9.59 Å². The van der Waals surface area contributed by atoms with Gasteiger partial charge in [0, 0.05) is 10.7 Å². The number of benzene rings is 2. The summed E-state index contributed by atoms with van der Waals surface area (Å²) in [5.41, 5.74) is 1.25. The summed E-state index contributed by atoms with van der Waals surface area (Å²) >= 11 is 5.81. The number of sulfonamides is 1. The van der Waals surface area contributed by atoms with E-state index in [4.69, 9.17) is 16.3 Å². The molecule has 7 nitrogen and oxygen atoms in total. The lowest BCUT2D eigenvalue weighted by molar-refractivity contribution is -0.142. The summed E-state index contributed by atoms with van der Waals surface area (Å²) in [5.74, 6) is -0.790. The van der Waals surface area contributed by atoms with Crippen LogP contribution >= 0.6 is 11.6 Å². The molecule has 0 spiro atoms. The van der Waals surface area contributed by atoms with E-state index in [1.165, 1.54) is 24.3 Å². The molecule has 9 heteroatoms. The Kier molecular flexibility index (Phi) is 8.83. The molecule has 0 saturated heterocycles. The largest absolute Gasteiger partial charge is 0.466 e. The summed E-state index contributed by atoms with van der Waals surface area (Å²) < 4.78 is 32.6. The van der Waals surface area contributed by atoms with Crippen LogP contribution in [0.2, 0.25) is 5.02 Å². The van der Waals surface area contributed by atoms with Crippen molar-refractivity contribution in [2.45, 2.75) is 44.0 Å². The quantitative estimate of drug-likeness (QED) is 0.537. The van der Waals surface area contributed by atoms with Crippen molar-refractivity contribution >= 4 is 39.2 Å². The van der Waals surface area contributed by atoms with Gasteiger partial charge in [0.2, 0.25) is 15.9 Å². The van der Waals surface area contributed by atoms with E-state index in [0.29, 0.717) is 30.2 Å². The number of amides is 1. The smallest absolute Gasteiger partial charge is 0.310 e. The molecule has 2 aromatic rings. The first-order valence-electron chi connectivity index (χ1n) is 9.58. The van der Waals surface area contributed by atoms with Crippen LogP contribution in [0.4, 0.5) is 5.69 Å². The molecule has 1 atom stereocenters. The normalized spacial score (nSPS) is 12.2. The number of halogens is 1. The van der Waals surface area contributed by atoms with Crippen LogP contribution in [0.3, 0.4) is 0 Å². The van der Waals surface area contributed by atoms with Crippen LogP contribution in [0.25, 0.3) is 0 Å². The first-order valence-corrected chi connectivity index (χ1v) is 11.4. The second kappa shape index (κ2) is 11.1. The summed E-state index contributed by atoms with van der Waals surface area (Å²) in [6, 6.07) is 11.5. The minimum atomic E-state index is -3.88. The molecule has 2 aromatic carbocycles. The van der Waals surface area contributed by atoms with E-state index in [-0.39, 0.29) is 17.3 Å². The van der Waals surface area contributed by atoms with Gasteiger partial charge in [-0.05, 0) is 55.3 Å². The third kappa shape index (κ3) is 7.12. The van der Waals surface area contributed by atoms with Gasteiger partial charge < -0.3 is 10.1 Å². The van der Waals surface area contributed by atoms with Crippen LogP contribution in [0.1, 0.15) is 32.3 Å². The summed E-state index contributed by atoms with van der Waals surface area (Å²) in [5, 5.41) is 3.13. The Bertz CT molecular complexity index is 960. The molecule has 0 aliphatic carbocycles. The number of carbonyl (C=O) groups excluding carboxylic acids is 2. The number of hydrogen-bond donors (Lipinski definition) is 2. The van der Waals surface area contributed by atoms with Gasteiger partial charge in [-0.1, -0.05) is 37.1 Å². The van der Waals surface area contributed by atoms with E-state index in [0.717, 1.165) is 5.56 Å². The van der Waals surface area contributed by atoms with Gasteiger partial charge in [0.15, 0.2) is 0 Å². The SMILES string of the molecule is CCCC(NS(=O)(=O)c1ccc(Cl)cc1)C(=O)Nc1ccc(CC(=O)OCC)cc1. The summed E-state index contributed by atoms with van der Waals surface area (Å²) in [6.45, 7) is 3.92. The van der Waals surface area contributed by atoms with Gasteiger partial charge >= 0.3 is 5.97 Å². The maximum Gasteiger partial charge on any atom is 0.310 e. The van der Waals surface area contributed by atoms with E-state index in [1.54, 1.807) is 31.2 Å². The summed E-state index contributed by atoms with van der Waals surface area (Å²) in [7, 11) is -3.88. The fourth-order valence-corrected chi connectivity index (χ4v) is 4.07. The molecular weight excluding hydrogens is 428 g/mol. The van der Waals surface area contributed by atoms with Crippen LogP contribution in [-0.4, -0.2) is 32.9 Å². The number of hydrogen-bond acceptors (Lipinski definition) is 5. The predicted molar refractivity (Wildman–Crippen MR) is 116 cm³/mol. The Balaban J connectivity index is 2.06. The Morgan fingerprint density at radius 3 is 2.23 bits per heavy atom. The third-order valence-corrected chi connectivity index (χ3v) is 5.93. The lowest BCUT2D eigenvalue weighted by Gasteiger charge is -2.18. The van der Waals surface area contributed by atoms with Crippen molar-refractivity contribution < 1.29 is 22.7 Å². The molecule has 0 saturated carbocycles. The minimum absolute atomic E-state index is 0.0316. The molecule has 2 N–H and O–H groups in total. The highest BCUT2D eigenvalue weighted by molar-refractivity contribution is 7.89. The highest BCUT2D eigenvalue weighted by Crippen LogP contribution is 2.16. The van der Waals surface area contributed by atoms with Crippen LogP contribution in [0, 0.1) is 0 Å². The van der Waals surface area contributed by atoms with Gasteiger partial charge in [0.25, 0.3) is 0 Å². The van der Waals surface area contributed by atoms with Crippen molar-refractivity contribution in [1.82, 2.24) is 4.72 Å². The van der Waals surface area contributed by atoms with E-state index < -0.39 is 22.0 Å². The van der Waals surface area contributed by atoms with E-state index >= 15 is 0 Å². The lowest BCUT2D eigenvalue weighted by Crippen LogP contribution is -2.43. The van der Waals surface area contributed by atoms with Crippen LogP contribution in [-0.2, 0) is 30.8 Å². The number of anilines is 1. The monoisotopic (exact) mass is 452 g/mol.